The maximum atomic E-state index is 4.84. The van der Waals surface area contributed by atoms with Gasteiger partial charge in [-0.3, -0.25) is 4.90 Å². The summed E-state index contributed by atoms with van der Waals surface area (Å²) >= 11 is 0. The quantitative estimate of drug-likeness (QED) is 0.834. The van der Waals surface area contributed by atoms with Crippen molar-refractivity contribution in [3.63, 3.8) is 0 Å². The van der Waals surface area contributed by atoms with E-state index in [9.17, 15) is 0 Å². The van der Waals surface area contributed by atoms with Gasteiger partial charge in [0.15, 0.2) is 5.82 Å². The minimum atomic E-state index is 0.617. The monoisotopic (exact) mass is 357 g/mol. The van der Waals surface area contributed by atoms with E-state index in [2.05, 4.69) is 39.6 Å². The van der Waals surface area contributed by atoms with Gasteiger partial charge in [-0.05, 0) is 39.8 Å². The lowest BCUT2D eigenvalue weighted by molar-refractivity contribution is 0.149. The van der Waals surface area contributed by atoms with E-state index in [0.717, 1.165) is 68.9 Å². The number of nitrogens with zero attached hydrogens (tertiary/aromatic N) is 7. The molecule has 7 nitrogen and oxygen atoms in total. The maximum absolute atomic E-state index is 4.84. The molecule has 0 spiro atoms. The first-order chi connectivity index (χ1) is 12.6. The van der Waals surface area contributed by atoms with Crippen LogP contribution in [-0.2, 0) is 6.54 Å². The molecule has 0 saturated carbocycles. The summed E-state index contributed by atoms with van der Waals surface area (Å²) in [6.07, 6.45) is 3.89. The van der Waals surface area contributed by atoms with Crippen LogP contribution in [0.4, 0.5) is 5.82 Å². The first-order valence-corrected chi connectivity index (χ1v) is 10.1. The van der Waals surface area contributed by atoms with E-state index in [4.69, 9.17) is 10.1 Å². The smallest absolute Gasteiger partial charge is 0.254 e. The van der Waals surface area contributed by atoms with Gasteiger partial charge < -0.3 is 9.80 Å². The molecular formula is C19H31N7. The number of hydrogen-bond donors (Lipinski definition) is 0. The van der Waals surface area contributed by atoms with E-state index >= 15 is 0 Å². The first-order valence-electron chi connectivity index (χ1n) is 10.1. The fourth-order valence-electron chi connectivity index (χ4n) is 4.17. The Morgan fingerprint density at radius 3 is 2.62 bits per heavy atom. The van der Waals surface area contributed by atoms with Crippen LogP contribution in [0.2, 0.25) is 0 Å². The topological polar surface area (TPSA) is 52.8 Å². The first kappa shape index (κ1) is 17.7. The Balaban J connectivity index is 1.59. The zero-order valence-electron chi connectivity index (χ0n) is 16.4. The SMILES string of the molecule is CCN1CCN(c2cc(C)nc3nc(CN4CCCC[C@H]4C)nn23)CC1. The standard InChI is InChI=1S/C19H31N7/c1-4-23-9-11-24(12-10-23)18-13-15(2)20-19-21-17(22-26(18)19)14-25-8-6-5-7-16(25)3/h13,16H,4-12,14H2,1-3H3/t16-/m1/s1. The molecule has 2 aromatic heterocycles. The van der Waals surface area contributed by atoms with E-state index in [1.807, 2.05) is 11.4 Å². The lowest BCUT2D eigenvalue weighted by Gasteiger charge is -2.35. The van der Waals surface area contributed by atoms with Crippen LogP contribution < -0.4 is 4.90 Å². The Morgan fingerprint density at radius 2 is 1.88 bits per heavy atom. The van der Waals surface area contributed by atoms with Gasteiger partial charge in [0.25, 0.3) is 5.78 Å². The van der Waals surface area contributed by atoms with Gasteiger partial charge in [0.1, 0.15) is 5.82 Å². The molecule has 2 aliphatic rings. The third-order valence-corrected chi connectivity index (χ3v) is 5.89. The third kappa shape index (κ3) is 3.55. The summed E-state index contributed by atoms with van der Waals surface area (Å²) in [5.74, 6) is 2.76. The molecule has 4 rings (SSSR count). The zero-order chi connectivity index (χ0) is 18.1. The zero-order valence-corrected chi connectivity index (χ0v) is 16.4. The van der Waals surface area contributed by atoms with E-state index in [1.165, 1.54) is 19.3 Å². The average Bonchev–Trinajstić information content (AvgIpc) is 3.05. The van der Waals surface area contributed by atoms with Crippen LogP contribution in [0.25, 0.3) is 5.78 Å². The minimum Gasteiger partial charge on any atom is -0.354 e. The van der Waals surface area contributed by atoms with Gasteiger partial charge in [-0.15, -0.1) is 5.10 Å². The van der Waals surface area contributed by atoms with Crippen LogP contribution in [-0.4, -0.2) is 74.7 Å². The van der Waals surface area contributed by atoms with Crippen LogP contribution in [0.1, 0.15) is 44.6 Å². The number of aryl methyl sites for hydroxylation is 1. The molecule has 4 heterocycles. The van der Waals surface area contributed by atoms with Gasteiger partial charge in [-0.2, -0.15) is 9.50 Å². The van der Waals surface area contributed by atoms with Gasteiger partial charge in [-0.1, -0.05) is 13.3 Å². The van der Waals surface area contributed by atoms with Crippen molar-refractivity contribution in [2.45, 2.75) is 52.6 Å². The van der Waals surface area contributed by atoms with Crippen molar-refractivity contribution in [1.82, 2.24) is 29.4 Å². The normalized spacial score (nSPS) is 23.0. The Hall–Kier alpha value is -1.73. The number of aromatic nitrogens is 4. The molecule has 0 amide bonds. The fourth-order valence-corrected chi connectivity index (χ4v) is 4.17. The second kappa shape index (κ2) is 7.48. The summed E-state index contributed by atoms with van der Waals surface area (Å²) in [6.45, 7) is 14.0. The highest BCUT2D eigenvalue weighted by Gasteiger charge is 2.23. The van der Waals surface area contributed by atoms with E-state index < -0.39 is 0 Å². The Labute approximate surface area is 156 Å². The maximum Gasteiger partial charge on any atom is 0.254 e. The number of likely N-dealkylation sites (N-methyl/N-ethyl adjacent to an activating group) is 1. The van der Waals surface area contributed by atoms with E-state index in [-0.39, 0.29) is 0 Å². The van der Waals surface area contributed by atoms with Gasteiger partial charge in [0, 0.05) is 44.0 Å². The highest BCUT2D eigenvalue weighted by atomic mass is 15.4. The van der Waals surface area contributed by atoms with Gasteiger partial charge >= 0.3 is 0 Å². The molecule has 0 aromatic carbocycles. The van der Waals surface area contributed by atoms with E-state index in [0.29, 0.717) is 6.04 Å². The predicted octanol–water partition coefficient (Wildman–Crippen LogP) is 1.95. The van der Waals surface area contributed by atoms with Crippen molar-refractivity contribution in [1.29, 1.82) is 0 Å². The molecular weight excluding hydrogens is 326 g/mol. The van der Waals surface area contributed by atoms with Gasteiger partial charge in [0.2, 0.25) is 0 Å². The van der Waals surface area contributed by atoms with Crippen LogP contribution in [0, 0.1) is 6.92 Å². The number of piperidine rings is 1. The van der Waals surface area contributed by atoms with Crippen molar-refractivity contribution in [3.8, 4) is 0 Å². The van der Waals surface area contributed by atoms with Crippen molar-refractivity contribution in [2.75, 3.05) is 44.2 Å². The van der Waals surface area contributed by atoms with Crippen molar-refractivity contribution < 1.29 is 0 Å². The summed E-state index contributed by atoms with van der Waals surface area (Å²) in [6, 6.07) is 2.77. The summed E-state index contributed by atoms with van der Waals surface area (Å²) in [5.41, 5.74) is 1.01. The molecule has 2 saturated heterocycles. The number of hydrogen-bond acceptors (Lipinski definition) is 6. The average molecular weight is 358 g/mol. The number of fused-ring (bicyclic) bond motifs is 1. The lowest BCUT2D eigenvalue weighted by Crippen LogP contribution is -2.46. The van der Waals surface area contributed by atoms with Crippen LogP contribution in [0.3, 0.4) is 0 Å². The van der Waals surface area contributed by atoms with Gasteiger partial charge in [0.05, 0.1) is 6.54 Å². The van der Waals surface area contributed by atoms with Crippen LogP contribution >= 0.6 is 0 Å². The lowest BCUT2D eigenvalue weighted by atomic mass is 10.0. The molecule has 0 unspecified atom stereocenters. The minimum absolute atomic E-state index is 0.617. The Morgan fingerprint density at radius 1 is 1.08 bits per heavy atom. The molecule has 0 N–H and O–H groups in total. The highest BCUT2D eigenvalue weighted by Crippen LogP contribution is 2.21. The molecule has 7 heteroatoms. The summed E-state index contributed by atoms with van der Waals surface area (Å²) < 4.78 is 1.96. The molecule has 2 aliphatic heterocycles. The van der Waals surface area contributed by atoms with Crippen LogP contribution in [0.5, 0.6) is 0 Å². The third-order valence-electron chi connectivity index (χ3n) is 5.89. The number of piperazine rings is 1. The summed E-state index contributed by atoms with van der Waals surface area (Å²) in [7, 11) is 0. The number of rotatable bonds is 4. The molecule has 0 aliphatic carbocycles. The Kier molecular flexibility index (Phi) is 5.09. The largest absolute Gasteiger partial charge is 0.354 e. The second-order valence-electron chi connectivity index (χ2n) is 7.73. The highest BCUT2D eigenvalue weighted by molar-refractivity contribution is 5.48. The van der Waals surface area contributed by atoms with Crippen molar-refractivity contribution in [3.05, 3.63) is 17.6 Å². The van der Waals surface area contributed by atoms with Crippen molar-refractivity contribution >= 4 is 11.6 Å². The molecule has 142 valence electrons. The van der Waals surface area contributed by atoms with Crippen molar-refractivity contribution in [2.24, 2.45) is 0 Å². The molecule has 26 heavy (non-hydrogen) atoms. The van der Waals surface area contributed by atoms with Crippen LogP contribution in [0.15, 0.2) is 6.07 Å². The number of likely N-dealkylation sites (tertiary alicyclic amines) is 1. The molecule has 0 radical (unpaired) electrons. The number of anilines is 1. The molecule has 2 fully saturated rings. The summed E-state index contributed by atoms with van der Waals surface area (Å²) in [4.78, 5) is 16.8. The summed E-state index contributed by atoms with van der Waals surface area (Å²) in [5, 5.41) is 4.84. The van der Waals surface area contributed by atoms with Gasteiger partial charge in [-0.25, -0.2) is 4.98 Å². The van der Waals surface area contributed by atoms with E-state index in [1.54, 1.807) is 0 Å². The molecule has 0 bridgehead atoms. The Bertz CT molecular complexity index is 748. The molecule has 2 aromatic rings. The predicted molar refractivity (Wildman–Crippen MR) is 104 cm³/mol. The fraction of sp³-hybridized carbons (Fsp3) is 0.737. The molecule has 1 atom stereocenters. The second-order valence-corrected chi connectivity index (χ2v) is 7.73.